The summed E-state index contributed by atoms with van der Waals surface area (Å²) >= 11 is 0. The molecule has 0 aliphatic heterocycles. The van der Waals surface area contributed by atoms with Crippen LogP contribution in [0.5, 0.6) is 0 Å². The predicted molar refractivity (Wildman–Crippen MR) is 41.4 cm³/mol. The van der Waals surface area contributed by atoms with E-state index in [4.69, 9.17) is 0 Å². The van der Waals surface area contributed by atoms with Crippen LogP contribution in [0.15, 0.2) is 18.3 Å². The summed E-state index contributed by atoms with van der Waals surface area (Å²) in [6, 6.07) is 3.04. The van der Waals surface area contributed by atoms with E-state index in [1.807, 2.05) is 0 Å². The lowest BCUT2D eigenvalue weighted by molar-refractivity contribution is 0.112. The molecule has 4 heteroatoms. The van der Waals surface area contributed by atoms with Gasteiger partial charge in [-0.05, 0) is 12.1 Å². The van der Waals surface area contributed by atoms with E-state index in [1.165, 1.54) is 12.3 Å². The number of hydrogen-bond acceptors (Lipinski definition) is 2. The number of carbonyl (C=O) groups excluding carboxylic acids is 1. The molecule has 2 rings (SSSR count). The first-order valence-corrected chi connectivity index (χ1v) is 3.39. The smallest absolute Gasteiger partial charge is 0.153 e. The Morgan fingerprint density at radius 2 is 2.33 bits per heavy atom. The summed E-state index contributed by atoms with van der Waals surface area (Å²) in [7, 11) is 0. The SMILES string of the molecule is O=Cc1ccc2[nH]ncc2c1F. The lowest BCUT2D eigenvalue weighted by atomic mass is 10.1. The predicted octanol–water partition coefficient (Wildman–Crippen LogP) is 1.51. The zero-order valence-corrected chi connectivity index (χ0v) is 6.04. The highest BCUT2D eigenvalue weighted by Gasteiger charge is 2.06. The third-order valence-electron chi connectivity index (χ3n) is 1.72. The number of nitrogens with one attached hydrogen (secondary N) is 1. The number of benzene rings is 1. The Balaban J connectivity index is 2.86. The van der Waals surface area contributed by atoms with Crippen molar-refractivity contribution in [2.75, 3.05) is 0 Å². The molecule has 0 aliphatic carbocycles. The van der Waals surface area contributed by atoms with Gasteiger partial charge in [0.1, 0.15) is 5.82 Å². The van der Waals surface area contributed by atoms with Gasteiger partial charge >= 0.3 is 0 Å². The van der Waals surface area contributed by atoms with E-state index < -0.39 is 5.82 Å². The maximum Gasteiger partial charge on any atom is 0.153 e. The maximum atomic E-state index is 13.2. The Bertz CT molecular complexity index is 436. The number of aromatic amines is 1. The molecule has 0 saturated carbocycles. The van der Waals surface area contributed by atoms with Crippen LogP contribution in [0.2, 0.25) is 0 Å². The standard InChI is InChI=1S/C8H5FN2O/c9-8-5(4-12)1-2-7-6(8)3-10-11-7/h1-4H,(H,10,11). The summed E-state index contributed by atoms with van der Waals surface area (Å²) in [5.41, 5.74) is 0.655. The first-order chi connectivity index (χ1) is 5.83. The van der Waals surface area contributed by atoms with Crippen molar-refractivity contribution in [1.29, 1.82) is 0 Å². The Labute approximate surface area is 67.2 Å². The van der Waals surface area contributed by atoms with Crippen molar-refractivity contribution >= 4 is 17.2 Å². The lowest BCUT2D eigenvalue weighted by Crippen LogP contribution is -1.86. The molecular weight excluding hydrogens is 159 g/mol. The molecule has 0 saturated heterocycles. The molecule has 1 N–H and O–H groups in total. The average Bonchev–Trinajstić information content (AvgIpc) is 2.53. The summed E-state index contributed by atoms with van der Waals surface area (Å²) in [6.07, 6.45) is 1.85. The molecule has 0 aliphatic rings. The number of H-pyrrole nitrogens is 1. The van der Waals surface area contributed by atoms with Crippen LogP contribution in [0, 0.1) is 5.82 Å². The topological polar surface area (TPSA) is 45.8 Å². The Kier molecular flexibility index (Phi) is 1.40. The van der Waals surface area contributed by atoms with E-state index in [0.717, 1.165) is 0 Å². The van der Waals surface area contributed by atoms with Gasteiger partial charge in [0.25, 0.3) is 0 Å². The summed E-state index contributed by atoms with van der Waals surface area (Å²) in [5.74, 6) is -0.517. The molecule has 0 amide bonds. The minimum absolute atomic E-state index is 0.0592. The Morgan fingerprint density at radius 3 is 3.08 bits per heavy atom. The summed E-state index contributed by atoms with van der Waals surface area (Å²) < 4.78 is 13.2. The van der Waals surface area contributed by atoms with Crippen LogP contribution in [0.4, 0.5) is 4.39 Å². The van der Waals surface area contributed by atoms with Gasteiger partial charge in [-0.2, -0.15) is 5.10 Å². The molecule has 1 aromatic heterocycles. The average molecular weight is 164 g/mol. The number of nitrogens with zero attached hydrogens (tertiary/aromatic N) is 1. The van der Waals surface area contributed by atoms with Crippen LogP contribution >= 0.6 is 0 Å². The third kappa shape index (κ3) is 0.812. The number of rotatable bonds is 1. The van der Waals surface area contributed by atoms with Crippen molar-refractivity contribution < 1.29 is 9.18 Å². The molecule has 60 valence electrons. The largest absolute Gasteiger partial charge is 0.298 e. The second-order valence-electron chi connectivity index (χ2n) is 2.42. The van der Waals surface area contributed by atoms with Crippen LogP contribution in [0.1, 0.15) is 10.4 Å². The molecule has 0 bridgehead atoms. The van der Waals surface area contributed by atoms with Crippen molar-refractivity contribution in [1.82, 2.24) is 10.2 Å². The summed E-state index contributed by atoms with van der Waals surface area (Å²) in [6.45, 7) is 0. The molecule has 12 heavy (non-hydrogen) atoms. The number of aldehydes is 1. The van der Waals surface area contributed by atoms with Gasteiger partial charge in [-0.1, -0.05) is 0 Å². The highest BCUT2D eigenvalue weighted by atomic mass is 19.1. The molecule has 3 nitrogen and oxygen atoms in total. The van der Waals surface area contributed by atoms with E-state index in [2.05, 4.69) is 10.2 Å². The Hall–Kier alpha value is -1.71. The summed E-state index contributed by atoms with van der Waals surface area (Å²) in [5, 5.41) is 6.61. The fourth-order valence-electron chi connectivity index (χ4n) is 1.09. The van der Waals surface area contributed by atoms with Gasteiger partial charge in [0, 0.05) is 0 Å². The number of carbonyl (C=O) groups is 1. The van der Waals surface area contributed by atoms with Gasteiger partial charge in [0.15, 0.2) is 6.29 Å². The second kappa shape index (κ2) is 2.41. The molecule has 2 aromatic rings. The second-order valence-corrected chi connectivity index (χ2v) is 2.42. The van der Waals surface area contributed by atoms with Gasteiger partial charge in [-0.25, -0.2) is 4.39 Å². The molecule has 0 atom stereocenters. The number of hydrogen-bond donors (Lipinski definition) is 1. The highest BCUT2D eigenvalue weighted by Crippen LogP contribution is 2.17. The Morgan fingerprint density at radius 1 is 1.50 bits per heavy atom. The zero-order valence-electron chi connectivity index (χ0n) is 6.04. The molecule has 0 fully saturated rings. The number of aromatic nitrogens is 2. The van der Waals surface area contributed by atoms with E-state index in [1.54, 1.807) is 6.07 Å². The highest BCUT2D eigenvalue weighted by molar-refractivity contribution is 5.87. The van der Waals surface area contributed by atoms with Crippen molar-refractivity contribution in [3.8, 4) is 0 Å². The van der Waals surface area contributed by atoms with E-state index in [0.29, 0.717) is 17.2 Å². The van der Waals surface area contributed by atoms with Crippen LogP contribution in [0.25, 0.3) is 10.9 Å². The fraction of sp³-hybridized carbons (Fsp3) is 0. The molecule has 0 radical (unpaired) electrons. The van der Waals surface area contributed by atoms with E-state index in [-0.39, 0.29) is 5.56 Å². The van der Waals surface area contributed by atoms with Crippen LogP contribution in [0.3, 0.4) is 0 Å². The molecule has 1 aromatic carbocycles. The quantitative estimate of drug-likeness (QED) is 0.649. The first-order valence-electron chi connectivity index (χ1n) is 3.39. The van der Waals surface area contributed by atoms with Crippen molar-refractivity contribution in [3.63, 3.8) is 0 Å². The monoisotopic (exact) mass is 164 g/mol. The van der Waals surface area contributed by atoms with Gasteiger partial charge in [0.05, 0.1) is 22.7 Å². The van der Waals surface area contributed by atoms with Crippen LogP contribution < -0.4 is 0 Å². The van der Waals surface area contributed by atoms with Gasteiger partial charge in [-0.3, -0.25) is 9.89 Å². The van der Waals surface area contributed by atoms with Gasteiger partial charge in [-0.15, -0.1) is 0 Å². The van der Waals surface area contributed by atoms with Gasteiger partial charge < -0.3 is 0 Å². The maximum absolute atomic E-state index is 13.2. The van der Waals surface area contributed by atoms with E-state index >= 15 is 0 Å². The molecule has 1 heterocycles. The first kappa shape index (κ1) is 6.97. The molecule has 0 spiro atoms. The summed E-state index contributed by atoms with van der Waals surface area (Å²) in [4.78, 5) is 10.3. The molecular formula is C8H5FN2O. The zero-order chi connectivity index (χ0) is 8.55. The molecule has 0 unspecified atom stereocenters. The van der Waals surface area contributed by atoms with Gasteiger partial charge in [0.2, 0.25) is 0 Å². The van der Waals surface area contributed by atoms with Crippen molar-refractivity contribution in [2.24, 2.45) is 0 Å². The minimum Gasteiger partial charge on any atom is -0.298 e. The van der Waals surface area contributed by atoms with Crippen LogP contribution in [-0.4, -0.2) is 16.5 Å². The van der Waals surface area contributed by atoms with Crippen LogP contribution in [-0.2, 0) is 0 Å². The third-order valence-corrected chi connectivity index (χ3v) is 1.72. The van der Waals surface area contributed by atoms with E-state index in [9.17, 15) is 9.18 Å². The normalized spacial score (nSPS) is 10.4. The number of halogens is 1. The number of fused-ring (bicyclic) bond motifs is 1. The lowest BCUT2D eigenvalue weighted by Gasteiger charge is -1.93. The minimum atomic E-state index is -0.517. The fourth-order valence-corrected chi connectivity index (χ4v) is 1.09. The van der Waals surface area contributed by atoms with Crippen molar-refractivity contribution in [3.05, 3.63) is 29.7 Å². The van der Waals surface area contributed by atoms with Crippen molar-refractivity contribution in [2.45, 2.75) is 0 Å².